The van der Waals surface area contributed by atoms with Crippen molar-refractivity contribution in [3.8, 4) is 0 Å². The van der Waals surface area contributed by atoms with Crippen molar-refractivity contribution < 1.29 is 8.42 Å². The highest BCUT2D eigenvalue weighted by Gasteiger charge is 2.17. The minimum Gasteiger partial charge on any atom is -0.279 e. The van der Waals surface area contributed by atoms with Crippen molar-refractivity contribution in [1.29, 1.82) is 0 Å². The van der Waals surface area contributed by atoms with Crippen molar-refractivity contribution in [2.24, 2.45) is 0 Å². The Morgan fingerprint density at radius 2 is 1.88 bits per heavy atom. The lowest BCUT2D eigenvalue weighted by Crippen LogP contribution is -2.12. The van der Waals surface area contributed by atoms with Crippen LogP contribution >= 0.6 is 22.9 Å². The van der Waals surface area contributed by atoms with Gasteiger partial charge >= 0.3 is 0 Å². The summed E-state index contributed by atoms with van der Waals surface area (Å²) in [6.45, 7) is 1.85. The largest absolute Gasteiger partial charge is 0.279 e. The molecule has 0 saturated heterocycles. The van der Waals surface area contributed by atoms with E-state index >= 15 is 0 Å². The van der Waals surface area contributed by atoms with Crippen molar-refractivity contribution in [3.63, 3.8) is 0 Å². The third-order valence-electron chi connectivity index (χ3n) is 2.20. The number of nitrogens with one attached hydrogen (secondary N) is 1. The first-order valence-electron chi connectivity index (χ1n) is 4.83. The molecule has 0 aliphatic rings. The van der Waals surface area contributed by atoms with Gasteiger partial charge in [0.05, 0.1) is 10.0 Å². The van der Waals surface area contributed by atoms with Crippen LogP contribution in [0.15, 0.2) is 40.6 Å². The van der Waals surface area contributed by atoms with Crippen LogP contribution in [0.3, 0.4) is 0 Å². The lowest BCUT2D eigenvalue weighted by Gasteiger charge is -2.08. The van der Waals surface area contributed by atoms with Gasteiger partial charge in [0.25, 0.3) is 10.0 Å². The number of hydrogen-bond donors (Lipinski definition) is 1. The van der Waals surface area contributed by atoms with Gasteiger partial charge in [-0.25, -0.2) is 8.42 Å². The number of benzene rings is 1. The van der Waals surface area contributed by atoms with Gasteiger partial charge in [0.15, 0.2) is 0 Å². The zero-order valence-electron chi connectivity index (χ0n) is 8.98. The van der Waals surface area contributed by atoms with Gasteiger partial charge in [0.1, 0.15) is 4.21 Å². The van der Waals surface area contributed by atoms with Gasteiger partial charge < -0.3 is 0 Å². The second-order valence-corrected chi connectivity index (χ2v) is 7.10. The highest BCUT2D eigenvalue weighted by atomic mass is 35.5. The molecular weight excluding hydrogens is 278 g/mol. The van der Waals surface area contributed by atoms with Crippen LogP contribution in [0, 0.1) is 6.92 Å². The van der Waals surface area contributed by atoms with Crippen molar-refractivity contribution >= 4 is 38.6 Å². The van der Waals surface area contributed by atoms with Gasteiger partial charge in [-0.15, -0.1) is 11.3 Å². The third-order valence-corrected chi connectivity index (χ3v) is 5.29. The summed E-state index contributed by atoms with van der Waals surface area (Å²) >= 11 is 6.76. The second kappa shape index (κ2) is 4.68. The topological polar surface area (TPSA) is 46.2 Å². The minimum atomic E-state index is -3.53. The molecule has 0 fully saturated rings. The van der Waals surface area contributed by atoms with Crippen molar-refractivity contribution in [1.82, 2.24) is 0 Å². The predicted octanol–water partition coefficient (Wildman–Crippen LogP) is 3.51. The number of thiophene rings is 1. The van der Waals surface area contributed by atoms with Gasteiger partial charge in [-0.3, -0.25) is 4.72 Å². The second-order valence-electron chi connectivity index (χ2n) is 3.48. The number of aryl methyl sites for hydroxylation is 1. The van der Waals surface area contributed by atoms with Gasteiger partial charge in [0, 0.05) is 0 Å². The first-order chi connectivity index (χ1) is 7.99. The number of anilines is 1. The molecular formula is C11H10ClNO2S2. The summed E-state index contributed by atoms with van der Waals surface area (Å²) in [7, 11) is -3.53. The SMILES string of the molecule is Cc1ccccc1NS(=O)(=O)c1ccc(Cl)s1. The summed E-state index contributed by atoms with van der Waals surface area (Å²) in [5, 5.41) is 0. The average Bonchev–Trinajstić information content (AvgIpc) is 2.69. The number of hydrogen-bond acceptors (Lipinski definition) is 3. The molecule has 0 atom stereocenters. The highest BCUT2D eigenvalue weighted by molar-refractivity contribution is 7.94. The number of para-hydroxylation sites is 1. The Morgan fingerprint density at radius 1 is 1.18 bits per heavy atom. The molecule has 90 valence electrons. The third kappa shape index (κ3) is 2.80. The van der Waals surface area contributed by atoms with E-state index < -0.39 is 10.0 Å². The van der Waals surface area contributed by atoms with E-state index in [1.165, 1.54) is 6.07 Å². The normalized spacial score (nSPS) is 11.4. The fourth-order valence-electron chi connectivity index (χ4n) is 1.32. The van der Waals surface area contributed by atoms with Crippen molar-refractivity contribution in [2.45, 2.75) is 11.1 Å². The Kier molecular flexibility index (Phi) is 3.42. The predicted molar refractivity (Wildman–Crippen MR) is 71.3 cm³/mol. The number of rotatable bonds is 3. The van der Waals surface area contributed by atoms with E-state index in [-0.39, 0.29) is 4.21 Å². The molecule has 0 unspecified atom stereocenters. The van der Waals surface area contributed by atoms with Crippen LogP contribution in [-0.4, -0.2) is 8.42 Å². The summed E-state index contributed by atoms with van der Waals surface area (Å²) in [6, 6.07) is 10.3. The Bertz CT molecular complexity index is 634. The van der Waals surface area contributed by atoms with E-state index in [0.29, 0.717) is 10.0 Å². The molecule has 1 aromatic carbocycles. The van der Waals surface area contributed by atoms with E-state index in [9.17, 15) is 8.42 Å². The first kappa shape index (κ1) is 12.4. The van der Waals surface area contributed by atoms with Crippen LogP contribution in [0.2, 0.25) is 4.34 Å². The van der Waals surface area contributed by atoms with E-state index in [0.717, 1.165) is 16.9 Å². The summed E-state index contributed by atoms with van der Waals surface area (Å²) in [5.74, 6) is 0. The van der Waals surface area contributed by atoms with Crippen LogP contribution in [0.4, 0.5) is 5.69 Å². The summed E-state index contributed by atoms with van der Waals surface area (Å²) < 4.78 is 27.2. The first-order valence-corrected chi connectivity index (χ1v) is 7.50. The van der Waals surface area contributed by atoms with E-state index in [1.54, 1.807) is 18.2 Å². The van der Waals surface area contributed by atoms with Gasteiger partial charge in [0.2, 0.25) is 0 Å². The molecule has 2 rings (SSSR count). The quantitative estimate of drug-likeness (QED) is 0.939. The molecule has 6 heteroatoms. The van der Waals surface area contributed by atoms with Gasteiger partial charge in [-0.2, -0.15) is 0 Å². The molecule has 17 heavy (non-hydrogen) atoms. The Labute approximate surface area is 109 Å². The molecule has 2 aromatic rings. The molecule has 3 nitrogen and oxygen atoms in total. The molecule has 0 aliphatic carbocycles. The lowest BCUT2D eigenvalue weighted by molar-refractivity contribution is 0.603. The maximum atomic E-state index is 12.0. The fourth-order valence-corrected chi connectivity index (χ4v) is 3.94. The van der Waals surface area contributed by atoms with Gasteiger partial charge in [-0.05, 0) is 30.7 Å². The van der Waals surface area contributed by atoms with E-state index in [2.05, 4.69) is 4.72 Å². The van der Waals surface area contributed by atoms with Crippen molar-refractivity contribution in [3.05, 3.63) is 46.3 Å². The molecule has 0 saturated carbocycles. The maximum absolute atomic E-state index is 12.0. The van der Waals surface area contributed by atoms with Crippen LogP contribution < -0.4 is 4.72 Å². The smallest absolute Gasteiger partial charge is 0.271 e. The Hall–Kier alpha value is -1.04. The Morgan fingerprint density at radius 3 is 2.47 bits per heavy atom. The van der Waals surface area contributed by atoms with Crippen LogP contribution in [0.5, 0.6) is 0 Å². The minimum absolute atomic E-state index is 0.214. The zero-order chi connectivity index (χ0) is 12.5. The molecule has 0 spiro atoms. The maximum Gasteiger partial charge on any atom is 0.271 e. The summed E-state index contributed by atoms with van der Waals surface area (Å²) in [5.41, 5.74) is 1.45. The van der Waals surface area contributed by atoms with E-state index in [4.69, 9.17) is 11.6 Å². The molecule has 0 amide bonds. The molecule has 1 heterocycles. The Balaban J connectivity index is 2.33. The zero-order valence-corrected chi connectivity index (χ0v) is 11.4. The number of sulfonamides is 1. The molecule has 1 N–H and O–H groups in total. The summed E-state index contributed by atoms with van der Waals surface area (Å²) in [4.78, 5) is 0. The monoisotopic (exact) mass is 287 g/mol. The number of halogens is 1. The van der Waals surface area contributed by atoms with Gasteiger partial charge in [-0.1, -0.05) is 29.8 Å². The average molecular weight is 288 g/mol. The van der Waals surface area contributed by atoms with Crippen LogP contribution in [0.1, 0.15) is 5.56 Å². The van der Waals surface area contributed by atoms with Crippen molar-refractivity contribution in [2.75, 3.05) is 4.72 Å². The highest BCUT2D eigenvalue weighted by Crippen LogP contribution is 2.27. The molecule has 0 radical (unpaired) electrons. The molecule has 0 aliphatic heterocycles. The standard InChI is InChI=1S/C11H10ClNO2S2/c1-8-4-2-3-5-9(8)13-17(14,15)11-7-6-10(12)16-11/h2-7,13H,1H3. The summed E-state index contributed by atoms with van der Waals surface area (Å²) in [6.07, 6.45) is 0. The lowest BCUT2D eigenvalue weighted by atomic mass is 10.2. The molecule has 0 bridgehead atoms. The fraction of sp³-hybridized carbons (Fsp3) is 0.0909. The molecule has 1 aromatic heterocycles. The van der Waals surface area contributed by atoms with Crippen LogP contribution in [0.25, 0.3) is 0 Å². The van der Waals surface area contributed by atoms with Crippen LogP contribution in [-0.2, 0) is 10.0 Å². The van der Waals surface area contributed by atoms with E-state index in [1.807, 2.05) is 19.1 Å².